The van der Waals surface area contributed by atoms with Crippen molar-refractivity contribution >= 4 is 11.9 Å². The molecule has 0 aliphatic carbocycles. The van der Waals surface area contributed by atoms with E-state index in [2.05, 4.69) is 10.1 Å². The molecule has 0 fully saturated rings. The van der Waals surface area contributed by atoms with E-state index in [1.807, 2.05) is 0 Å². The first-order chi connectivity index (χ1) is 10.3. The van der Waals surface area contributed by atoms with Crippen molar-refractivity contribution in [2.45, 2.75) is 12.7 Å². The van der Waals surface area contributed by atoms with Crippen molar-refractivity contribution in [3.05, 3.63) is 35.7 Å². The topological polar surface area (TPSA) is 105 Å². The summed E-state index contributed by atoms with van der Waals surface area (Å²) < 4.78 is 41.0. The molecule has 22 heavy (non-hydrogen) atoms. The largest absolute Gasteiger partial charge is 0.475 e. The van der Waals surface area contributed by atoms with Crippen molar-refractivity contribution in [1.82, 2.24) is 15.5 Å². The summed E-state index contributed by atoms with van der Waals surface area (Å²) in [7, 11) is 0. The molecular formula is C12H8F3N3O4. The zero-order valence-corrected chi connectivity index (χ0v) is 10.7. The smallest absolute Gasteiger partial charge is 0.471 e. The average molecular weight is 315 g/mol. The molecule has 116 valence electrons. The van der Waals surface area contributed by atoms with Gasteiger partial charge in [0.15, 0.2) is 0 Å². The average Bonchev–Trinajstić information content (AvgIpc) is 2.94. The molecule has 0 spiro atoms. The monoisotopic (exact) mass is 315 g/mol. The first kappa shape index (κ1) is 15.5. The van der Waals surface area contributed by atoms with Crippen molar-refractivity contribution < 1.29 is 32.4 Å². The zero-order chi connectivity index (χ0) is 16.3. The summed E-state index contributed by atoms with van der Waals surface area (Å²) in [5.74, 6) is -4.06. The van der Waals surface area contributed by atoms with E-state index in [1.54, 1.807) is 5.32 Å². The Balaban J connectivity index is 2.13. The number of amides is 1. The van der Waals surface area contributed by atoms with Crippen LogP contribution in [-0.2, 0) is 11.3 Å². The maximum atomic E-state index is 12.1. The second-order valence-electron chi connectivity index (χ2n) is 4.11. The van der Waals surface area contributed by atoms with Gasteiger partial charge in [-0.1, -0.05) is 12.1 Å². The number of halogens is 3. The second kappa shape index (κ2) is 5.84. The lowest BCUT2D eigenvalue weighted by molar-refractivity contribution is -0.173. The highest BCUT2D eigenvalue weighted by Crippen LogP contribution is 2.19. The number of aromatic nitrogens is 2. The molecule has 0 radical (unpaired) electrons. The van der Waals surface area contributed by atoms with Gasteiger partial charge in [0.25, 0.3) is 11.7 Å². The summed E-state index contributed by atoms with van der Waals surface area (Å²) in [5.41, 5.74) is 0.670. The van der Waals surface area contributed by atoms with Crippen LogP contribution >= 0.6 is 0 Å². The Morgan fingerprint density at radius 3 is 2.64 bits per heavy atom. The third-order valence-electron chi connectivity index (χ3n) is 2.50. The van der Waals surface area contributed by atoms with Crippen LogP contribution in [0.2, 0.25) is 0 Å². The first-order valence-corrected chi connectivity index (χ1v) is 5.78. The molecule has 7 nitrogen and oxygen atoms in total. The lowest BCUT2D eigenvalue weighted by atomic mass is 10.1. The van der Waals surface area contributed by atoms with Gasteiger partial charge in [0.1, 0.15) is 0 Å². The Morgan fingerprint density at radius 1 is 1.32 bits per heavy atom. The van der Waals surface area contributed by atoms with E-state index in [0.717, 1.165) is 0 Å². The van der Waals surface area contributed by atoms with Crippen LogP contribution in [0.1, 0.15) is 16.2 Å². The summed E-state index contributed by atoms with van der Waals surface area (Å²) in [6.07, 6.45) is -4.96. The highest BCUT2D eigenvalue weighted by atomic mass is 19.4. The first-order valence-electron chi connectivity index (χ1n) is 5.78. The van der Waals surface area contributed by atoms with Crippen LogP contribution in [0.25, 0.3) is 11.5 Å². The van der Waals surface area contributed by atoms with Gasteiger partial charge in [-0.05, 0) is 22.9 Å². The highest BCUT2D eigenvalue weighted by Gasteiger charge is 2.38. The maximum Gasteiger partial charge on any atom is 0.471 e. The minimum atomic E-state index is -4.96. The molecule has 0 saturated carbocycles. The molecule has 2 N–H and O–H groups in total. The SMILES string of the molecule is O=C(O)c1noc(-c2cccc(CNC(=O)C(F)(F)F)c2)n1. The van der Waals surface area contributed by atoms with Crippen LogP contribution in [0.4, 0.5) is 13.2 Å². The van der Waals surface area contributed by atoms with Crippen LogP contribution in [0, 0.1) is 0 Å². The number of carboxylic acids is 1. The number of hydrogen-bond acceptors (Lipinski definition) is 5. The predicted octanol–water partition coefficient (Wildman–Crippen LogP) is 1.61. The molecule has 0 aliphatic rings. The van der Waals surface area contributed by atoms with Gasteiger partial charge in [-0.25, -0.2) is 4.79 Å². The molecule has 1 amide bonds. The van der Waals surface area contributed by atoms with E-state index in [4.69, 9.17) is 9.63 Å². The Kier molecular flexibility index (Phi) is 4.11. The number of aromatic carboxylic acids is 1. The Morgan fingerprint density at radius 2 is 2.05 bits per heavy atom. The van der Waals surface area contributed by atoms with Gasteiger partial charge in [-0.3, -0.25) is 4.79 Å². The molecular weight excluding hydrogens is 307 g/mol. The highest BCUT2D eigenvalue weighted by molar-refractivity contribution is 5.83. The standard InChI is InChI=1S/C12H8F3N3O4/c13-12(14,15)11(21)16-5-6-2-1-3-7(4-6)9-17-8(10(19)20)18-22-9/h1-4H,5H2,(H,16,21)(H,19,20). The van der Waals surface area contributed by atoms with E-state index in [0.29, 0.717) is 11.1 Å². The lowest BCUT2D eigenvalue weighted by Gasteiger charge is -2.08. The van der Waals surface area contributed by atoms with Crippen molar-refractivity contribution in [2.75, 3.05) is 0 Å². The second-order valence-corrected chi connectivity index (χ2v) is 4.11. The molecule has 2 rings (SSSR count). The van der Waals surface area contributed by atoms with Crippen molar-refractivity contribution in [3.8, 4) is 11.5 Å². The Labute approximate surface area is 120 Å². The van der Waals surface area contributed by atoms with Crippen LogP contribution < -0.4 is 5.32 Å². The Hall–Kier alpha value is -2.91. The summed E-state index contributed by atoms with van der Waals surface area (Å²) in [6, 6.07) is 5.88. The van der Waals surface area contributed by atoms with Gasteiger partial charge >= 0.3 is 18.1 Å². The van der Waals surface area contributed by atoms with E-state index >= 15 is 0 Å². The van der Waals surface area contributed by atoms with Crippen molar-refractivity contribution in [2.24, 2.45) is 0 Å². The fourth-order valence-corrected chi connectivity index (χ4v) is 1.52. The lowest BCUT2D eigenvalue weighted by Crippen LogP contribution is -2.36. The fourth-order valence-electron chi connectivity index (χ4n) is 1.52. The van der Waals surface area contributed by atoms with Gasteiger partial charge in [0.2, 0.25) is 0 Å². The molecule has 0 saturated heterocycles. The molecule has 0 unspecified atom stereocenters. The normalized spacial score (nSPS) is 11.2. The number of alkyl halides is 3. The summed E-state index contributed by atoms with van der Waals surface area (Å²) in [5, 5.41) is 13.6. The van der Waals surface area contributed by atoms with Gasteiger partial charge < -0.3 is 14.9 Å². The van der Waals surface area contributed by atoms with E-state index in [1.165, 1.54) is 24.3 Å². The van der Waals surface area contributed by atoms with Gasteiger partial charge in [-0.2, -0.15) is 18.2 Å². The molecule has 2 aromatic rings. The summed E-state index contributed by atoms with van der Waals surface area (Å²) >= 11 is 0. The van der Waals surface area contributed by atoms with E-state index in [9.17, 15) is 22.8 Å². The van der Waals surface area contributed by atoms with Crippen LogP contribution in [0.5, 0.6) is 0 Å². The van der Waals surface area contributed by atoms with Crippen molar-refractivity contribution in [1.29, 1.82) is 0 Å². The number of benzene rings is 1. The van der Waals surface area contributed by atoms with E-state index in [-0.39, 0.29) is 12.4 Å². The van der Waals surface area contributed by atoms with Gasteiger partial charge in [0.05, 0.1) is 0 Å². The maximum absolute atomic E-state index is 12.1. The molecule has 0 atom stereocenters. The van der Waals surface area contributed by atoms with Crippen LogP contribution in [-0.4, -0.2) is 33.3 Å². The third kappa shape index (κ3) is 3.59. The third-order valence-corrected chi connectivity index (χ3v) is 2.50. The number of hydrogen-bond donors (Lipinski definition) is 2. The fraction of sp³-hybridized carbons (Fsp3) is 0.167. The van der Waals surface area contributed by atoms with Crippen LogP contribution in [0.15, 0.2) is 28.8 Å². The number of carbonyl (C=O) groups excluding carboxylic acids is 1. The molecule has 1 heterocycles. The summed E-state index contributed by atoms with van der Waals surface area (Å²) in [6.45, 7) is -0.355. The molecule has 0 bridgehead atoms. The number of carboxylic acid groups (broad SMARTS) is 1. The minimum Gasteiger partial charge on any atom is -0.475 e. The van der Waals surface area contributed by atoms with Crippen molar-refractivity contribution in [3.63, 3.8) is 0 Å². The number of carbonyl (C=O) groups is 2. The van der Waals surface area contributed by atoms with Gasteiger partial charge in [-0.15, -0.1) is 0 Å². The zero-order valence-electron chi connectivity index (χ0n) is 10.7. The Bertz CT molecular complexity index is 712. The predicted molar refractivity (Wildman–Crippen MR) is 64.6 cm³/mol. The molecule has 10 heteroatoms. The van der Waals surface area contributed by atoms with Gasteiger partial charge in [0, 0.05) is 12.1 Å². The molecule has 1 aromatic heterocycles. The summed E-state index contributed by atoms with van der Waals surface area (Å²) in [4.78, 5) is 25.0. The number of nitrogens with zero attached hydrogens (tertiary/aromatic N) is 2. The quantitative estimate of drug-likeness (QED) is 0.888. The number of rotatable bonds is 4. The van der Waals surface area contributed by atoms with Crippen LogP contribution in [0.3, 0.4) is 0 Å². The minimum absolute atomic E-state index is 0.0959. The van der Waals surface area contributed by atoms with E-state index < -0.39 is 23.9 Å². The number of nitrogens with one attached hydrogen (secondary N) is 1. The molecule has 1 aromatic carbocycles. The molecule has 0 aliphatic heterocycles.